The third kappa shape index (κ3) is 3.51. The summed E-state index contributed by atoms with van der Waals surface area (Å²) in [5.74, 6) is 1.42. The van der Waals surface area contributed by atoms with E-state index in [1.807, 2.05) is 35.9 Å². The van der Waals surface area contributed by atoms with Crippen LogP contribution >= 0.6 is 27.5 Å². The van der Waals surface area contributed by atoms with Gasteiger partial charge in [0, 0.05) is 22.2 Å². The average Bonchev–Trinajstić information content (AvgIpc) is 2.67. The van der Waals surface area contributed by atoms with Gasteiger partial charge in [-0.3, -0.25) is 4.57 Å². The zero-order valence-electron chi connectivity index (χ0n) is 11.2. The SMILES string of the molecule is Cc1cn(-c2ccc(Cl)cc2Br)c(NCC(C)C)n1. The Kier molecular flexibility index (Phi) is 4.53. The Morgan fingerprint density at radius 2 is 2.16 bits per heavy atom. The first-order chi connectivity index (χ1) is 8.97. The van der Waals surface area contributed by atoms with Crippen molar-refractivity contribution in [3.05, 3.63) is 39.6 Å². The molecule has 1 aromatic carbocycles. The van der Waals surface area contributed by atoms with Gasteiger partial charge in [0.15, 0.2) is 0 Å². The number of hydrogen-bond acceptors (Lipinski definition) is 2. The summed E-state index contributed by atoms with van der Waals surface area (Å²) in [7, 11) is 0. The number of anilines is 1. The minimum Gasteiger partial charge on any atom is -0.355 e. The first-order valence-electron chi connectivity index (χ1n) is 6.22. The van der Waals surface area contributed by atoms with Crippen molar-refractivity contribution in [3.8, 4) is 5.69 Å². The fraction of sp³-hybridized carbons (Fsp3) is 0.357. The van der Waals surface area contributed by atoms with Gasteiger partial charge in [-0.1, -0.05) is 25.4 Å². The molecule has 1 N–H and O–H groups in total. The molecule has 0 bridgehead atoms. The molecule has 5 heteroatoms. The van der Waals surface area contributed by atoms with Crippen molar-refractivity contribution in [2.75, 3.05) is 11.9 Å². The molecule has 0 radical (unpaired) electrons. The van der Waals surface area contributed by atoms with Gasteiger partial charge in [0.1, 0.15) is 0 Å². The molecule has 2 aromatic rings. The Bertz CT molecular complexity index is 578. The smallest absolute Gasteiger partial charge is 0.207 e. The van der Waals surface area contributed by atoms with Crippen molar-refractivity contribution in [1.29, 1.82) is 0 Å². The van der Waals surface area contributed by atoms with Crippen LogP contribution in [0.3, 0.4) is 0 Å². The molecule has 0 saturated heterocycles. The summed E-state index contributed by atoms with van der Waals surface area (Å²) in [5.41, 5.74) is 2.00. The van der Waals surface area contributed by atoms with Crippen LogP contribution in [0, 0.1) is 12.8 Å². The molecule has 1 heterocycles. The van der Waals surface area contributed by atoms with Crippen LogP contribution in [0.2, 0.25) is 5.02 Å². The quantitative estimate of drug-likeness (QED) is 0.875. The van der Waals surface area contributed by atoms with Crippen molar-refractivity contribution in [1.82, 2.24) is 9.55 Å². The van der Waals surface area contributed by atoms with E-state index in [0.29, 0.717) is 10.9 Å². The van der Waals surface area contributed by atoms with Gasteiger partial charge in [-0.05, 0) is 47.0 Å². The number of imidazole rings is 1. The molecule has 0 aliphatic rings. The first kappa shape index (κ1) is 14.4. The molecule has 3 nitrogen and oxygen atoms in total. The number of nitrogens with zero attached hydrogens (tertiary/aromatic N) is 2. The molecule has 0 aliphatic carbocycles. The Balaban J connectivity index is 2.38. The molecule has 0 aliphatic heterocycles. The van der Waals surface area contributed by atoms with Gasteiger partial charge in [-0.25, -0.2) is 4.98 Å². The van der Waals surface area contributed by atoms with Gasteiger partial charge >= 0.3 is 0 Å². The summed E-state index contributed by atoms with van der Waals surface area (Å²) < 4.78 is 2.99. The lowest BCUT2D eigenvalue weighted by atomic mass is 10.2. The van der Waals surface area contributed by atoms with Crippen molar-refractivity contribution >= 4 is 33.5 Å². The zero-order valence-corrected chi connectivity index (χ0v) is 13.6. The Labute approximate surface area is 127 Å². The topological polar surface area (TPSA) is 29.9 Å². The molecular formula is C14H17BrClN3. The van der Waals surface area contributed by atoms with Crippen molar-refractivity contribution in [2.24, 2.45) is 5.92 Å². The number of benzene rings is 1. The summed E-state index contributed by atoms with van der Waals surface area (Å²) in [4.78, 5) is 4.52. The van der Waals surface area contributed by atoms with E-state index in [4.69, 9.17) is 11.6 Å². The highest BCUT2D eigenvalue weighted by atomic mass is 79.9. The number of rotatable bonds is 4. The van der Waals surface area contributed by atoms with Gasteiger partial charge in [-0.15, -0.1) is 0 Å². The summed E-state index contributed by atoms with van der Waals surface area (Å²) in [6.45, 7) is 7.22. The monoisotopic (exact) mass is 341 g/mol. The molecule has 1 aromatic heterocycles. The predicted molar refractivity (Wildman–Crippen MR) is 84.3 cm³/mol. The highest BCUT2D eigenvalue weighted by Gasteiger charge is 2.10. The maximum absolute atomic E-state index is 5.98. The van der Waals surface area contributed by atoms with Crippen LogP contribution in [-0.2, 0) is 0 Å². The fourth-order valence-corrected chi connectivity index (χ4v) is 2.65. The molecule has 0 fully saturated rings. The van der Waals surface area contributed by atoms with Crippen LogP contribution in [0.5, 0.6) is 0 Å². The average molecular weight is 343 g/mol. The lowest BCUT2D eigenvalue weighted by Crippen LogP contribution is -2.12. The van der Waals surface area contributed by atoms with E-state index in [9.17, 15) is 0 Å². The van der Waals surface area contributed by atoms with Crippen LogP contribution in [0.4, 0.5) is 5.95 Å². The maximum atomic E-state index is 5.98. The Morgan fingerprint density at radius 1 is 1.42 bits per heavy atom. The summed E-state index contributed by atoms with van der Waals surface area (Å²) in [6.07, 6.45) is 2.01. The van der Waals surface area contributed by atoms with Gasteiger partial charge < -0.3 is 5.32 Å². The highest BCUT2D eigenvalue weighted by Crippen LogP contribution is 2.27. The number of halogens is 2. The van der Waals surface area contributed by atoms with E-state index in [1.165, 1.54) is 0 Å². The number of aromatic nitrogens is 2. The Morgan fingerprint density at radius 3 is 2.79 bits per heavy atom. The molecule has 19 heavy (non-hydrogen) atoms. The molecule has 0 unspecified atom stereocenters. The molecule has 0 amide bonds. The minimum atomic E-state index is 0.569. The molecule has 2 rings (SSSR count). The maximum Gasteiger partial charge on any atom is 0.207 e. The van der Waals surface area contributed by atoms with E-state index in [-0.39, 0.29) is 0 Å². The zero-order chi connectivity index (χ0) is 14.0. The summed E-state index contributed by atoms with van der Waals surface area (Å²) in [6, 6.07) is 5.75. The highest BCUT2D eigenvalue weighted by molar-refractivity contribution is 9.10. The van der Waals surface area contributed by atoms with E-state index in [0.717, 1.165) is 28.3 Å². The van der Waals surface area contributed by atoms with Crippen LogP contribution in [-0.4, -0.2) is 16.1 Å². The van der Waals surface area contributed by atoms with Gasteiger partial charge in [0.05, 0.1) is 11.4 Å². The van der Waals surface area contributed by atoms with E-state index in [2.05, 4.69) is 40.1 Å². The van der Waals surface area contributed by atoms with E-state index >= 15 is 0 Å². The third-order valence-electron chi connectivity index (χ3n) is 2.66. The standard InChI is InChI=1S/C14H17BrClN3/c1-9(2)7-17-14-18-10(3)8-19(14)13-5-4-11(16)6-12(13)15/h4-6,8-9H,7H2,1-3H3,(H,17,18). The Hall–Kier alpha value is -1.00. The number of nitrogens with one attached hydrogen (secondary N) is 1. The summed E-state index contributed by atoms with van der Waals surface area (Å²) >= 11 is 9.53. The molecule has 0 spiro atoms. The second kappa shape index (κ2) is 5.97. The van der Waals surface area contributed by atoms with Crippen LogP contribution in [0.15, 0.2) is 28.9 Å². The predicted octanol–water partition coefficient (Wildman–Crippen LogP) is 4.66. The molecular weight excluding hydrogens is 326 g/mol. The fourth-order valence-electron chi connectivity index (χ4n) is 1.78. The molecule has 0 atom stereocenters. The van der Waals surface area contributed by atoms with Crippen LogP contribution < -0.4 is 5.32 Å². The van der Waals surface area contributed by atoms with Gasteiger partial charge in [0.25, 0.3) is 0 Å². The first-order valence-corrected chi connectivity index (χ1v) is 7.39. The van der Waals surface area contributed by atoms with Gasteiger partial charge in [0.2, 0.25) is 5.95 Å². The molecule has 0 saturated carbocycles. The van der Waals surface area contributed by atoms with E-state index < -0.39 is 0 Å². The normalized spacial score (nSPS) is 11.1. The van der Waals surface area contributed by atoms with Crippen molar-refractivity contribution in [2.45, 2.75) is 20.8 Å². The minimum absolute atomic E-state index is 0.569. The lowest BCUT2D eigenvalue weighted by Gasteiger charge is -2.12. The lowest BCUT2D eigenvalue weighted by molar-refractivity contribution is 0.683. The van der Waals surface area contributed by atoms with Gasteiger partial charge in [-0.2, -0.15) is 0 Å². The van der Waals surface area contributed by atoms with E-state index in [1.54, 1.807) is 0 Å². The van der Waals surface area contributed by atoms with Crippen molar-refractivity contribution in [3.63, 3.8) is 0 Å². The second-order valence-corrected chi connectivity index (χ2v) is 6.24. The number of hydrogen-bond donors (Lipinski definition) is 1. The van der Waals surface area contributed by atoms with Crippen molar-refractivity contribution < 1.29 is 0 Å². The number of aryl methyl sites for hydroxylation is 1. The van der Waals surface area contributed by atoms with Crippen LogP contribution in [0.25, 0.3) is 5.69 Å². The largest absolute Gasteiger partial charge is 0.355 e. The summed E-state index contributed by atoms with van der Waals surface area (Å²) in [5, 5.41) is 4.08. The second-order valence-electron chi connectivity index (χ2n) is 4.95. The van der Waals surface area contributed by atoms with Crippen LogP contribution in [0.1, 0.15) is 19.5 Å². The third-order valence-corrected chi connectivity index (χ3v) is 3.53. The molecule has 102 valence electrons.